The molecule has 2 rings (SSSR count). The molecule has 1 aromatic rings. The van der Waals surface area contributed by atoms with E-state index < -0.39 is 0 Å². The molecular weight excluding hydrogens is 264 g/mol. The van der Waals surface area contributed by atoms with Crippen LogP contribution in [0, 0.1) is 0 Å². The molecule has 1 amide bonds. The second kappa shape index (κ2) is 6.94. The first-order chi connectivity index (χ1) is 9.95. The number of hydrogen-bond acceptors (Lipinski definition) is 3. The molecule has 1 atom stereocenters. The van der Waals surface area contributed by atoms with Gasteiger partial charge in [-0.15, -0.1) is 0 Å². The summed E-state index contributed by atoms with van der Waals surface area (Å²) in [7, 11) is 0. The Labute approximate surface area is 127 Å². The highest BCUT2D eigenvalue weighted by Crippen LogP contribution is 2.24. The third-order valence-corrected chi connectivity index (χ3v) is 3.75. The van der Waals surface area contributed by atoms with Gasteiger partial charge in [0.1, 0.15) is 5.75 Å². The van der Waals surface area contributed by atoms with Gasteiger partial charge in [0.05, 0.1) is 0 Å². The molecule has 0 aromatic heterocycles. The molecule has 0 radical (unpaired) electrons. The maximum Gasteiger partial charge on any atom is 0.258 e. The summed E-state index contributed by atoms with van der Waals surface area (Å²) >= 11 is 0. The fourth-order valence-corrected chi connectivity index (χ4v) is 2.44. The summed E-state index contributed by atoms with van der Waals surface area (Å²) in [5.41, 5.74) is 1.39. The van der Waals surface area contributed by atoms with Gasteiger partial charge in [-0.05, 0) is 42.5 Å². The average molecular weight is 290 g/mol. The van der Waals surface area contributed by atoms with Gasteiger partial charge < -0.3 is 15.4 Å². The van der Waals surface area contributed by atoms with Crippen molar-refractivity contribution in [1.82, 2.24) is 10.6 Å². The maximum atomic E-state index is 11.8. The van der Waals surface area contributed by atoms with Gasteiger partial charge in [0.15, 0.2) is 6.61 Å². The van der Waals surface area contributed by atoms with E-state index in [-0.39, 0.29) is 24.0 Å². The van der Waals surface area contributed by atoms with Crippen molar-refractivity contribution in [1.29, 1.82) is 0 Å². The second-order valence-electron chi connectivity index (χ2n) is 6.67. The monoisotopic (exact) mass is 290 g/mol. The van der Waals surface area contributed by atoms with Gasteiger partial charge in [-0.2, -0.15) is 0 Å². The lowest BCUT2D eigenvalue weighted by molar-refractivity contribution is -0.123. The molecule has 0 saturated carbocycles. The van der Waals surface area contributed by atoms with Gasteiger partial charge in [0, 0.05) is 12.6 Å². The Bertz CT molecular complexity index is 457. The van der Waals surface area contributed by atoms with E-state index in [9.17, 15) is 4.79 Å². The molecule has 1 aliphatic rings. The normalized spacial score (nSPS) is 19.1. The van der Waals surface area contributed by atoms with Crippen LogP contribution in [-0.2, 0) is 10.2 Å². The van der Waals surface area contributed by atoms with Crippen LogP contribution < -0.4 is 15.4 Å². The van der Waals surface area contributed by atoms with Crippen molar-refractivity contribution in [2.24, 2.45) is 0 Å². The molecule has 0 bridgehead atoms. The molecule has 116 valence electrons. The van der Waals surface area contributed by atoms with E-state index in [1.54, 1.807) is 0 Å². The highest BCUT2D eigenvalue weighted by Gasteiger charge is 2.16. The third kappa shape index (κ3) is 5.05. The zero-order valence-electron chi connectivity index (χ0n) is 13.2. The van der Waals surface area contributed by atoms with Gasteiger partial charge in [-0.25, -0.2) is 0 Å². The van der Waals surface area contributed by atoms with Crippen LogP contribution in [0.1, 0.15) is 39.2 Å². The predicted molar refractivity (Wildman–Crippen MR) is 84.7 cm³/mol. The molecule has 21 heavy (non-hydrogen) atoms. The van der Waals surface area contributed by atoms with E-state index in [1.807, 2.05) is 12.1 Å². The average Bonchev–Trinajstić information content (AvgIpc) is 2.46. The molecule has 4 nitrogen and oxygen atoms in total. The molecule has 4 heteroatoms. The van der Waals surface area contributed by atoms with E-state index in [4.69, 9.17) is 4.74 Å². The second-order valence-corrected chi connectivity index (χ2v) is 6.67. The highest BCUT2D eigenvalue weighted by atomic mass is 16.5. The minimum Gasteiger partial charge on any atom is -0.484 e. The van der Waals surface area contributed by atoms with Gasteiger partial charge in [0.2, 0.25) is 0 Å². The number of nitrogens with one attached hydrogen (secondary N) is 2. The third-order valence-electron chi connectivity index (χ3n) is 3.75. The maximum absolute atomic E-state index is 11.8. The van der Waals surface area contributed by atoms with Gasteiger partial charge in [0.25, 0.3) is 5.91 Å². The van der Waals surface area contributed by atoms with Crippen LogP contribution in [0.2, 0.25) is 0 Å². The van der Waals surface area contributed by atoms with Crippen molar-refractivity contribution in [3.8, 4) is 5.75 Å². The van der Waals surface area contributed by atoms with Crippen LogP contribution in [0.4, 0.5) is 0 Å². The standard InChI is InChI=1S/C17H26N2O2/c1-17(2,3)13-6-8-15(9-7-13)21-12-16(20)19-14-5-4-10-18-11-14/h6-9,14,18H,4-5,10-12H2,1-3H3,(H,19,20). The van der Waals surface area contributed by atoms with Crippen LogP contribution in [0.3, 0.4) is 0 Å². The molecule has 1 aromatic carbocycles. The number of ether oxygens (including phenoxy) is 1. The summed E-state index contributed by atoms with van der Waals surface area (Å²) in [6.07, 6.45) is 2.15. The lowest BCUT2D eigenvalue weighted by Gasteiger charge is -2.23. The first-order valence-corrected chi connectivity index (χ1v) is 7.68. The number of piperidine rings is 1. The van der Waals surface area contributed by atoms with Crippen LogP contribution in [0.25, 0.3) is 0 Å². The van der Waals surface area contributed by atoms with Crippen molar-refractivity contribution in [2.75, 3.05) is 19.7 Å². The molecule has 1 heterocycles. The quantitative estimate of drug-likeness (QED) is 0.894. The van der Waals surface area contributed by atoms with Gasteiger partial charge in [-0.3, -0.25) is 4.79 Å². The number of carbonyl (C=O) groups excluding carboxylic acids is 1. The van der Waals surface area contributed by atoms with Crippen LogP contribution in [0.5, 0.6) is 5.75 Å². The van der Waals surface area contributed by atoms with E-state index in [1.165, 1.54) is 5.56 Å². The minimum atomic E-state index is -0.0522. The highest BCUT2D eigenvalue weighted by molar-refractivity contribution is 5.77. The number of carbonyl (C=O) groups is 1. The molecule has 0 aliphatic carbocycles. The van der Waals surface area contributed by atoms with Crippen molar-refractivity contribution >= 4 is 5.91 Å². The topological polar surface area (TPSA) is 50.4 Å². The van der Waals surface area contributed by atoms with Crippen LogP contribution >= 0.6 is 0 Å². The molecule has 1 unspecified atom stereocenters. The Balaban J connectivity index is 1.78. The van der Waals surface area contributed by atoms with E-state index in [2.05, 4.69) is 43.5 Å². The summed E-state index contributed by atoms with van der Waals surface area (Å²) in [6, 6.07) is 8.20. The van der Waals surface area contributed by atoms with Crippen molar-refractivity contribution < 1.29 is 9.53 Å². The van der Waals surface area contributed by atoms with E-state index in [0.717, 1.165) is 31.7 Å². The first-order valence-electron chi connectivity index (χ1n) is 7.68. The van der Waals surface area contributed by atoms with Crippen molar-refractivity contribution in [2.45, 2.75) is 45.1 Å². The number of amides is 1. The Kier molecular flexibility index (Phi) is 5.23. The predicted octanol–water partition coefficient (Wildman–Crippen LogP) is 2.23. The van der Waals surface area contributed by atoms with Crippen molar-refractivity contribution in [3.63, 3.8) is 0 Å². The largest absolute Gasteiger partial charge is 0.484 e. The van der Waals surface area contributed by atoms with E-state index in [0.29, 0.717) is 0 Å². The molecule has 1 fully saturated rings. The summed E-state index contributed by atoms with van der Waals surface area (Å²) < 4.78 is 5.54. The summed E-state index contributed by atoms with van der Waals surface area (Å²) in [6.45, 7) is 8.50. The Morgan fingerprint density at radius 2 is 2.05 bits per heavy atom. The lowest BCUT2D eigenvalue weighted by atomic mass is 9.87. The smallest absolute Gasteiger partial charge is 0.258 e. The fraction of sp³-hybridized carbons (Fsp3) is 0.588. The molecular formula is C17H26N2O2. The van der Waals surface area contributed by atoms with Gasteiger partial charge >= 0.3 is 0 Å². The summed E-state index contributed by atoms with van der Waals surface area (Å²) in [5.74, 6) is 0.684. The SMILES string of the molecule is CC(C)(C)c1ccc(OCC(=O)NC2CCCNC2)cc1. The van der Waals surface area contributed by atoms with Crippen LogP contribution in [-0.4, -0.2) is 31.6 Å². The summed E-state index contributed by atoms with van der Waals surface area (Å²) in [5, 5.41) is 6.28. The molecule has 1 saturated heterocycles. The Morgan fingerprint density at radius 1 is 1.33 bits per heavy atom. The summed E-state index contributed by atoms with van der Waals surface area (Å²) in [4.78, 5) is 11.8. The lowest BCUT2D eigenvalue weighted by Crippen LogP contribution is -2.46. The van der Waals surface area contributed by atoms with Crippen molar-refractivity contribution in [3.05, 3.63) is 29.8 Å². The molecule has 2 N–H and O–H groups in total. The van der Waals surface area contributed by atoms with Gasteiger partial charge in [-0.1, -0.05) is 32.9 Å². The zero-order valence-corrected chi connectivity index (χ0v) is 13.2. The fourth-order valence-electron chi connectivity index (χ4n) is 2.44. The zero-order chi connectivity index (χ0) is 15.3. The number of rotatable bonds is 4. The molecule has 1 aliphatic heterocycles. The Hall–Kier alpha value is -1.55. The Morgan fingerprint density at radius 3 is 2.62 bits per heavy atom. The van der Waals surface area contributed by atoms with E-state index >= 15 is 0 Å². The number of benzene rings is 1. The molecule has 0 spiro atoms. The number of hydrogen-bond donors (Lipinski definition) is 2. The van der Waals surface area contributed by atoms with Crippen LogP contribution in [0.15, 0.2) is 24.3 Å². The first kappa shape index (κ1) is 15.8. The minimum absolute atomic E-state index is 0.0522.